The normalized spacial score (nSPS) is 29.4. The average Bonchev–Trinajstić information content (AvgIpc) is 2.61. The maximum atomic E-state index is 12.1. The summed E-state index contributed by atoms with van der Waals surface area (Å²) in [7, 11) is -1.96. The molecule has 0 atom stereocenters. The molecule has 2 rings (SSSR count). The van der Waals surface area contributed by atoms with E-state index in [4.69, 9.17) is 11.7 Å². The molecule has 1 saturated heterocycles. The lowest BCUT2D eigenvalue weighted by atomic mass is 9.77. The summed E-state index contributed by atoms with van der Waals surface area (Å²) >= 11 is 1.90. The van der Waals surface area contributed by atoms with Gasteiger partial charge in [-0.25, -0.2) is 0 Å². The Morgan fingerprint density at radius 1 is 0.857 bits per heavy atom. The van der Waals surface area contributed by atoms with Crippen molar-refractivity contribution in [1.82, 2.24) is 0 Å². The van der Waals surface area contributed by atoms with Crippen molar-refractivity contribution in [2.24, 2.45) is 43.5 Å². The van der Waals surface area contributed by atoms with Gasteiger partial charge in [0.15, 0.2) is 0 Å². The van der Waals surface area contributed by atoms with Gasteiger partial charge in [0.05, 0.1) is 11.4 Å². The molecule has 0 aliphatic carbocycles. The smallest absolute Gasteiger partial charge is 0.0902 e. The number of thioether (sulfide) groups is 1. The van der Waals surface area contributed by atoms with Crippen LogP contribution in [0.4, 0.5) is 0 Å². The summed E-state index contributed by atoms with van der Waals surface area (Å²) in [5, 5.41) is 7.80. The minimum Gasteiger partial charge on any atom is -0.323 e. The zero-order chi connectivity index (χ0) is 22.0. The summed E-state index contributed by atoms with van der Waals surface area (Å²) in [6.07, 6.45) is 0. The van der Waals surface area contributed by atoms with Crippen LogP contribution in [0.1, 0.15) is 55.4 Å². The number of hydrazone groups is 2. The molecule has 0 unspecified atom stereocenters. The van der Waals surface area contributed by atoms with E-state index in [1.807, 2.05) is 39.5 Å². The molecule has 4 N–H and O–H groups in total. The fourth-order valence-corrected chi connectivity index (χ4v) is 7.86. The number of hydrogen-bond donors (Lipinski definition) is 2. The third kappa shape index (κ3) is 6.73. The van der Waals surface area contributed by atoms with E-state index in [2.05, 4.69) is 55.6 Å². The highest BCUT2D eigenvalue weighted by molar-refractivity contribution is 8.00. The molecule has 0 aromatic carbocycles. The number of nitrogens with zero attached hydrogens (tertiary/aromatic N) is 2. The summed E-state index contributed by atoms with van der Waals surface area (Å²) in [4.78, 5) is 0. The Morgan fingerprint density at radius 3 is 1.46 bits per heavy atom. The first-order chi connectivity index (χ1) is 12.5. The van der Waals surface area contributed by atoms with Gasteiger partial charge in [-0.1, -0.05) is 39.5 Å². The largest absolute Gasteiger partial charge is 0.323 e. The van der Waals surface area contributed by atoms with E-state index < -0.39 is 9.52 Å². The van der Waals surface area contributed by atoms with Crippen LogP contribution in [0.15, 0.2) is 10.2 Å². The maximum absolute atomic E-state index is 12.1. The molecule has 0 amide bonds. The van der Waals surface area contributed by atoms with E-state index in [1.54, 1.807) is 0 Å². The van der Waals surface area contributed by atoms with Crippen LogP contribution < -0.4 is 11.7 Å². The van der Waals surface area contributed by atoms with Crippen LogP contribution in [-0.4, -0.2) is 44.5 Å². The molecule has 1 fully saturated rings. The van der Waals surface area contributed by atoms with Crippen molar-refractivity contribution >= 4 is 38.6 Å². The van der Waals surface area contributed by atoms with Crippen molar-refractivity contribution in [3.8, 4) is 11.8 Å². The first-order valence-electron chi connectivity index (χ1n) is 9.49. The Kier molecular flexibility index (Phi) is 7.40. The Hall–Kier alpha value is -1.13. The number of rotatable bonds is 0. The van der Waals surface area contributed by atoms with E-state index >= 15 is 0 Å². The molecule has 0 saturated carbocycles. The van der Waals surface area contributed by atoms with Gasteiger partial charge in [-0.2, -0.15) is 22.0 Å². The maximum Gasteiger partial charge on any atom is 0.0902 e. The predicted octanol–water partition coefficient (Wildman–Crippen LogP) is 3.19. The molecular formula is C21H38N4OS2. The highest BCUT2D eigenvalue weighted by Gasteiger charge is 2.40. The second-order valence-electron chi connectivity index (χ2n) is 10.5. The molecule has 28 heavy (non-hydrogen) atoms. The first-order valence-corrected chi connectivity index (χ1v) is 12.7. The van der Waals surface area contributed by atoms with Gasteiger partial charge in [0.1, 0.15) is 0 Å². The Bertz CT molecular complexity index is 749. The average molecular weight is 427 g/mol. The monoisotopic (exact) mass is 426 g/mol. The molecule has 7 heteroatoms. The quantitative estimate of drug-likeness (QED) is 0.269. The summed E-state index contributed by atoms with van der Waals surface area (Å²) in [5.74, 6) is 24.4. The molecular weight excluding hydrogens is 388 g/mol. The molecule has 0 bridgehead atoms. The Balaban J connectivity index is 0.000000283. The van der Waals surface area contributed by atoms with Gasteiger partial charge >= 0.3 is 0 Å². The number of nitrogens with two attached hydrogens (primary N) is 2. The zero-order valence-corrected chi connectivity index (χ0v) is 20.4. The molecule has 2 aliphatic heterocycles. The van der Waals surface area contributed by atoms with Crippen LogP contribution in [0, 0.1) is 33.5 Å². The standard InChI is InChI=1S/C11H18OS.C10H20N4S/c1-10(2)6-7-11(3,4)9-13(5,12)8-10;1-9(2)5-15-6-10(3,4)8(14-12)7(9)13-11/h5,8-9H2,1-4H3;5-6,11-12H2,1-4H3/b;13-7-,14-8+. The van der Waals surface area contributed by atoms with Crippen LogP contribution in [0.2, 0.25) is 0 Å². The second-order valence-corrected chi connectivity index (χ2v) is 14.0. The van der Waals surface area contributed by atoms with Crippen molar-refractivity contribution in [1.29, 1.82) is 0 Å². The minimum atomic E-state index is -1.96. The lowest BCUT2D eigenvalue weighted by Gasteiger charge is -2.27. The molecule has 0 aromatic heterocycles. The Labute approximate surface area is 176 Å². The molecule has 160 valence electrons. The summed E-state index contributed by atoms with van der Waals surface area (Å²) in [5.41, 5.74) is 1.25. The summed E-state index contributed by atoms with van der Waals surface area (Å²) in [6, 6.07) is 0. The van der Waals surface area contributed by atoms with Crippen molar-refractivity contribution in [2.75, 3.05) is 23.0 Å². The van der Waals surface area contributed by atoms with Gasteiger partial charge in [-0.15, -0.1) is 0 Å². The highest BCUT2D eigenvalue weighted by atomic mass is 32.2. The van der Waals surface area contributed by atoms with E-state index in [-0.39, 0.29) is 21.7 Å². The molecule has 2 heterocycles. The van der Waals surface area contributed by atoms with Crippen molar-refractivity contribution in [3.05, 3.63) is 0 Å². The topological polar surface area (TPSA) is 93.8 Å². The van der Waals surface area contributed by atoms with Crippen LogP contribution in [0.3, 0.4) is 0 Å². The summed E-state index contributed by atoms with van der Waals surface area (Å²) in [6.45, 7) is 16.6. The number of hydrogen-bond acceptors (Lipinski definition) is 6. The molecule has 0 spiro atoms. The predicted molar refractivity (Wildman–Crippen MR) is 128 cm³/mol. The van der Waals surface area contributed by atoms with Crippen LogP contribution in [-0.2, 0) is 9.52 Å². The van der Waals surface area contributed by atoms with Gasteiger partial charge in [-0.3, -0.25) is 4.21 Å². The van der Waals surface area contributed by atoms with Gasteiger partial charge in [0.2, 0.25) is 0 Å². The van der Waals surface area contributed by atoms with Crippen molar-refractivity contribution < 1.29 is 4.21 Å². The third-order valence-electron chi connectivity index (χ3n) is 4.68. The Morgan fingerprint density at radius 2 is 1.18 bits per heavy atom. The first kappa shape index (κ1) is 24.9. The SMILES string of the molecule is C=S1(=O)CC(C)(C)C#CC(C)(C)C1.CC1(C)CSCC(C)(C)C(=N\N)/C1=N\N. The highest BCUT2D eigenvalue weighted by Crippen LogP contribution is 2.37. The van der Waals surface area contributed by atoms with Gasteiger partial charge < -0.3 is 11.7 Å². The van der Waals surface area contributed by atoms with Gasteiger partial charge in [0.25, 0.3) is 0 Å². The molecule has 2 aliphatic rings. The van der Waals surface area contributed by atoms with Crippen molar-refractivity contribution in [2.45, 2.75) is 55.4 Å². The van der Waals surface area contributed by atoms with E-state index in [0.29, 0.717) is 11.5 Å². The van der Waals surface area contributed by atoms with Crippen LogP contribution in [0.25, 0.3) is 0 Å². The summed E-state index contributed by atoms with van der Waals surface area (Å²) < 4.78 is 12.1. The van der Waals surface area contributed by atoms with Crippen LogP contribution in [0.5, 0.6) is 0 Å². The molecule has 0 radical (unpaired) electrons. The third-order valence-corrected chi connectivity index (χ3v) is 9.02. The molecule has 0 aromatic rings. The fraction of sp³-hybridized carbons (Fsp3) is 0.762. The van der Waals surface area contributed by atoms with Crippen LogP contribution >= 0.6 is 11.8 Å². The lowest BCUT2D eigenvalue weighted by Crippen LogP contribution is -2.40. The van der Waals surface area contributed by atoms with Gasteiger partial charge in [-0.05, 0) is 43.1 Å². The lowest BCUT2D eigenvalue weighted by molar-refractivity contribution is 0.567. The van der Waals surface area contributed by atoms with Crippen molar-refractivity contribution in [3.63, 3.8) is 0 Å². The van der Waals surface area contributed by atoms with E-state index in [1.165, 1.54) is 0 Å². The van der Waals surface area contributed by atoms with Gasteiger partial charge in [0, 0.05) is 44.7 Å². The zero-order valence-electron chi connectivity index (χ0n) is 18.8. The molecule has 5 nitrogen and oxygen atoms in total. The van der Waals surface area contributed by atoms with E-state index in [9.17, 15) is 4.21 Å². The minimum absolute atomic E-state index is 0.0641. The van der Waals surface area contributed by atoms with E-state index in [0.717, 1.165) is 22.9 Å². The second kappa shape index (κ2) is 8.31. The fourth-order valence-electron chi connectivity index (χ4n) is 3.59.